The van der Waals surface area contributed by atoms with Crippen molar-refractivity contribution in [1.82, 2.24) is 9.97 Å². The van der Waals surface area contributed by atoms with Crippen molar-refractivity contribution in [3.05, 3.63) is 59.7 Å². The Morgan fingerprint density at radius 2 is 1.82 bits per heavy atom. The van der Waals surface area contributed by atoms with Gasteiger partial charge < -0.3 is 5.73 Å². The number of carbonyl (C=O) groups excluding carboxylic acids is 1. The standard InChI is InChI=1S/C13H13N3O/c14-13(17)10-4-5-12(16-9-10)7-6-11-3-1-2-8-15-11/h1-5,8-9H,6-7H2,(H2,14,17). The van der Waals surface area contributed by atoms with Crippen LogP contribution in [-0.4, -0.2) is 15.9 Å². The summed E-state index contributed by atoms with van der Waals surface area (Å²) in [4.78, 5) is 19.3. The Morgan fingerprint density at radius 3 is 2.35 bits per heavy atom. The molecule has 4 heteroatoms. The van der Waals surface area contributed by atoms with E-state index in [4.69, 9.17) is 5.73 Å². The second kappa shape index (κ2) is 5.21. The molecule has 0 spiro atoms. The van der Waals surface area contributed by atoms with E-state index in [1.54, 1.807) is 12.3 Å². The molecule has 0 aliphatic heterocycles. The fourth-order valence-electron chi connectivity index (χ4n) is 1.52. The lowest BCUT2D eigenvalue weighted by Crippen LogP contribution is -2.11. The fraction of sp³-hybridized carbons (Fsp3) is 0.154. The molecular weight excluding hydrogens is 214 g/mol. The molecule has 2 rings (SSSR count). The Balaban J connectivity index is 1.98. The molecule has 0 saturated heterocycles. The maximum absolute atomic E-state index is 10.9. The van der Waals surface area contributed by atoms with E-state index in [9.17, 15) is 4.79 Å². The number of rotatable bonds is 4. The van der Waals surface area contributed by atoms with Crippen molar-refractivity contribution < 1.29 is 4.79 Å². The number of hydrogen-bond donors (Lipinski definition) is 1. The van der Waals surface area contributed by atoms with Crippen molar-refractivity contribution in [1.29, 1.82) is 0 Å². The number of amides is 1. The van der Waals surface area contributed by atoms with Crippen LogP contribution in [0, 0.1) is 0 Å². The maximum atomic E-state index is 10.9. The van der Waals surface area contributed by atoms with Crippen LogP contribution in [-0.2, 0) is 12.8 Å². The Morgan fingerprint density at radius 1 is 1.06 bits per heavy atom. The number of pyridine rings is 2. The number of primary amides is 1. The van der Waals surface area contributed by atoms with Crippen molar-refractivity contribution in [2.75, 3.05) is 0 Å². The number of hydrogen-bond acceptors (Lipinski definition) is 3. The van der Waals surface area contributed by atoms with E-state index in [0.29, 0.717) is 5.56 Å². The molecule has 2 aromatic rings. The highest BCUT2D eigenvalue weighted by Crippen LogP contribution is 2.04. The number of carbonyl (C=O) groups is 1. The van der Waals surface area contributed by atoms with Gasteiger partial charge in [0.2, 0.25) is 5.91 Å². The average Bonchev–Trinajstić information content (AvgIpc) is 2.38. The van der Waals surface area contributed by atoms with E-state index >= 15 is 0 Å². The monoisotopic (exact) mass is 227 g/mol. The first-order valence-electron chi connectivity index (χ1n) is 5.40. The predicted molar refractivity (Wildman–Crippen MR) is 64.4 cm³/mol. The highest BCUT2D eigenvalue weighted by atomic mass is 16.1. The summed E-state index contributed by atoms with van der Waals surface area (Å²) in [5.74, 6) is -0.450. The highest BCUT2D eigenvalue weighted by molar-refractivity contribution is 5.92. The molecule has 0 radical (unpaired) electrons. The molecule has 0 bridgehead atoms. The van der Waals surface area contributed by atoms with E-state index in [-0.39, 0.29) is 0 Å². The summed E-state index contributed by atoms with van der Waals surface area (Å²) in [6.45, 7) is 0. The summed E-state index contributed by atoms with van der Waals surface area (Å²) in [5.41, 5.74) is 7.54. The van der Waals surface area contributed by atoms with Crippen LogP contribution in [0.5, 0.6) is 0 Å². The molecule has 2 heterocycles. The van der Waals surface area contributed by atoms with Crippen molar-refractivity contribution in [2.45, 2.75) is 12.8 Å². The molecule has 2 N–H and O–H groups in total. The number of nitrogens with two attached hydrogens (primary N) is 1. The van der Waals surface area contributed by atoms with Crippen LogP contribution in [0.4, 0.5) is 0 Å². The van der Waals surface area contributed by atoms with Gasteiger partial charge in [0, 0.05) is 23.8 Å². The Bertz CT molecular complexity index is 494. The highest BCUT2D eigenvalue weighted by Gasteiger charge is 2.01. The van der Waals surface area contributed by atoms with E-state index in [0.717, 1.165) is 24.2 Å². The van der Waals surface area contributed by atoms with Crippen LogP contribution in [0.15, 0.2) is 42.7 Å². The van der Waals surface area contributed by atoms with Gasteiger partial charge in [-0.2, -0.15) is 0 Å². The summed E-state index contributed by atoms with van der Waals surface area (Å²) in [5, 5.41) is 0. The minimum Gasteiger partial charge on any atom is -0.366 e. The maximum Gasteiger partial charge on any atom is 0.250 e. The van der Waals surface area contributed by atoms with Crippen molar-refractivity contribution in [3.63, 3.8) is 0 Å². The first-order chi connectivity index (χ1) is 8.25. The second-order valence-electron chi connectivity index (χ2n) is 3.72. The zero-order chi connectivity index (χ0) is 12.1. The van der Waals surface area contributed by atoms with Gasteiger partial charge >= 0.3 is 0 Å². The largest absolute Gasteiger partial charge is 0.366 e. The third-order valence-corrected chi connectivity index (χ3v) is 2.47. The Hall–Kier alpha value is -2.23. The van der Waals surface area contributed by atoms with Crippen LogP contribution < -0.4 is 5.73 Å². The summed E-state index contributed by atoms with van der Waals surface area (Å²) < 4.78 is 0. The van der Waals surface area contributed by atoms with Crippen LogP contribution in [0.2, 0.25) is 0 Å². The second-order valence-corrected chi connectivity index (χ2v) is 3.72. The Labute approximate surface area is 99.5 Å². The van der Waals surface area contributed by atoms with Gasteiger partial charge in [0.05, 0.1) is 5.56 Å². The molecule has 0 atom stereocenters. The third-order valence-electron chi connectivity index (χ3n) is 2.47. The van der Waals surface area contributed by atoms with Crippen LogP contribution >= 0.6 is 0 Å². The normalized spacial score (nSPS) is 10.1. The molecule has 86 valence electrons. The molecule has 0 fully saturated rings. The van der Waals surface area contributed by atoms with Crippen molar-refractivity contribution in [2.24, 2.45) is 5.73 Å². The number of aromatic nitrogens is 2. The van der Waals surface area contributed by atoms with Gasteiger partial charge in [-0.15, -0.1) is 0 Å². The van der Waals surface area contributed by atoms with Crippen LogP contribution in [0.1, 0.15) is 21.7 Å². The smallest absolute Gasteiger partial charge is 0.250 e. The van der Waals surface area contributed by atoms with Gasteiger partial charge in [-0.3, -0.25) is 14.8 Å². The van der Waals surface area contributed by atoms with Crippen LogP contribution in [0.25, 0.3) is 0 Å². The minimum absolute atomic E-state index is 0.437. The summed E-state index contributed by atoms with van der Waals surface area (Å²) >= 11 is 0. The zero-order valence-corrected chi connectivity index (χ0v) is 9.34. The lowest BCUT2D eigenvalue weighted by atomic mass is 10.1. The van der Waals surface area contributed by atoms with Gasteiger partial charge in [0.15, 0.2) is 0 Å². The molecule has 1 amide bonds. The quantitative estimate of drug-likeness (QED) is 0.857. The molecule has 17 heavy (non-hydrogen) atoms. The van der Waals surface area contributed by atoms with Gasteiger partial charge in [-0.05, 0) is 37.1 Å². The summed E-state index contributed by atoms with van der Waals surface area (Å²) in [6, 6.07) is 9.36. The molecule has 2 aromatic heterocycles. The van der Waals surface area contributed by atoms with E-state index < -0.39 is 5.91 Å². The fourth-order valence-corrected chi connectivity index (χ4v) is 1.52. The third kappa shape index (κ3) is 3.11. The first kappa shape index (κ1) is 11.3. The number of nitrogens with zero attached hydrogens (tertiary/aromatic N) is 2. The first-order valence-corrected chi connectivity index (χ1v) is 5.40. The van der Waals surface area contributed by atoms with Gasteiger partial charge in [-0.1, -0.05) is 6.07 Å². The lowest BCUT2D eigenvalue weighted by Gasteiger charge is -2.01. The van der Waals surface area contributed by atoms with Gasteiger partial charge in [0.25, 0.3) is 0 Å². The molecule has 0 aliphatic rings. The lowest BCUT2D eigenvalue weighted by molar-refractivity contribution is 0.1000. The molecule has 0 saturated carbocycles. The summed E-state index contributed by atoms with van der Waals surface area (Å²) in [6.07, 6.45) is 4.93. The minimum atomic E-state index is -0.450. The van der Waals surface area contributed by atoms with Crippen molar-refractivity contribution >= 4 is 5.91 Å². The van der Waals surface area contributed by atoms with E-state index in [1.807, 2.05) is 24.3 Å². The van der Waals surface area contributed by atoms with Gasteiger partial charge in [-0.25, -0.2) is 0 Å². The van der Waals surface area contributed by atoms with E-state index in [2.05, 4.69) is 9.97 Å². The van der Waals surface area contributed by atoms with Crippen LogP contribution in [0.3, 0.4) is 0 Å². The predicted octanol–water partition coefficient (Wildman–Crippen LogP) is 1.36. The van der Waals surface area contributed by atoms with Crippen molar-refractivity contribution in [3.8, 4) is 0 Å². The SMILES string of the molecule is NC(=O)c1ccc(CCc2ccccn2)nc1. The molecule has 0 aliphatic carbocycles. The van der Waals surface area contributed by atoms with E-state index in [1.165, 1.54) is 6.20 Å². The van der Waals surface area contributed by atoms with Gasteiger partial charge in [0.1, 0.15) is 0 Å². The molecule has 4 nitrogen and oxygen atoms in total. The Kier molecular flexibility index (Phi) is 3.45. The molecule has 0 aromatic carbocycles. The molecule has 0 unspecified atom stereocenters. The zero-order valence-electron chi connectivity index (χ0n) is 9.34. The average molecular weight is 227 g/mol. The molecular formula is C13H13N3O. The summed E-state index contributed by atoms with van der Waals surface area (Å²) in [7, 11) is 0. The number of aryl methyl sites for hydroxylation is 2. The topological polar surface area (TPSA) is 68.9 Å².